The van der Waals surface area contributed by atoms with Crippen molar-refractivity contribution in [2.45, 2.75) is 13.2 Å². The van der Waals surface area contributed by atoms with Crippen LogP contribution in [0.25, 0.3) is 22.3 Å². The molecule has 4 rings (SSSR count). The molecule has 3 aromatic rings. The van der Waals surface area contributed by atoms with E-state index >= 15 is 0 Å². The standard InChI is InChI=1S/C20H16O/c1-3-7-15(8-4-1)17-11-12-18(16-9-5-2-6-10-16)20-14-21-13-19(17)20/h1-12H,13-14H2. The third-order valence-electron chi connectivity index (χ3n) is 4.09. The van der Waals surface area contributed by atoms with E-state index in [-0.39, 0.29) is 0 Å². The van der Waals surface area contributed by atoms with E-state index < -0.39 is 0 Å². The Morgan fingerprint density at radius 2 is 0.952 bits per heavy atom. The second-order valence-corrected chi connectivity index (χ2v) is 5.34. The van der Waals surface area contributed by atoms with Crippen LogP contribution in [0.3, 0.4) is 0 Å². The summed E-state index contributed by atoms with van der Waals surface area (Å²) < 4.78 is 5.74. The highest BCUT2D eigenvalue weighted by Gasteiger charge is 2.20. The van der Waals surface area contributed by atoms with E-state index in [4.69, 9.17) is 4.74 Å². The summed E-state index contributed by atoms with van der Waals surface area (Å²) in [7, 11) is 0. The zero-order chi connectivity index (χ0) is 14.1. The van der Waals surface area contributed by atoms with Gasteiger partial charge in [-0.25, -0.2) is 0 Å². The first-order chi connectivity index (χ1) is 10.4. The molecule has 1 heteroatoms. The fourth-order valence-electron chi connectivity index (χ4n) is 3.05. The Morgan fingerprint density at radius 1 is 0.524 bits per heavy atom. The molecule has 0 amide bonds. The van der Waals surface area contributed by atoms with Gasteiger partial charge in [0.1, 0.15) is 0 Å². The summed E-state index contributed by atoms with van der Waals surface area (Å²) in [6, 6.07) is 25.6. The van der Waals surface area contributed by atoms with Gasteiger partial charge in [-0.1, -0.05) is 72.8 Å². The van der Waals surface area contributed by atoms with Crippen LogP contribution in [0.15, 0.2) is 72.8 Å². The number of fused-ring (bicyclic) bond motifs is 1. The van der Waals surface area contributed by atoms with Gasteiger partial charge >= 0.3 is 0 Å². The molecule has 1 aliphatic heterocycles. The first-order valence-corrected chi connectivity index (χ1v) is 7.27. The smallest absolute Gasteiger partial charge is 0.0731 e. The number of rotatable bonds is 2. The fraction of sp³-hybridized carbons (Fsp3) is 0.100. The molecular formula is C20H16O. The maximum absolute atomic E-state index is 5.74. The van der Waals surface area contributed by atoms with Crippen LogP contribution in [0.1, 0.15) is 11.1 Å². The molecule has 102 valence electrons. The van der Waals surface area contributed by atoms with Gasteiger partial charge in [0.15, 0.2) is 0 Å². The molecule has 1 heterocycles. The summed E-state index contributed by atoms with van der Waals surface area (Å²) in [5.74, 6) is 0. The average Bonchev–Trinajstić information content (AvgIpc) is 3.05. The van der Waals surface area contributed by atoms with Gasteiger partial charge < -0.3 is 4.74 Å². The molecule has 0 aliphatic carbocycles. The van der Waals surface area contributed by atoms with Crippen molar-refractivity contribution in [3.63, 3.8) is 0 Å². The molecule has 0 spiro atoms. The van der Waals surface area contributed by atoms with Crippen LogP contribution in [0, 0.1) is 0 Å². The molecule has 0 radical (unpaired) electrons. The average molecular weight is 272 g/mol. The molecule has 3 aromatic carbocycles. The maximum Gasteiger partial charge on any atom is 0.0731 e. The second-order valence-electron chi connectivity index (χ2n) is 5.34. The fourth-order valence-corrected chi connectivity index (χ4v) is 3.05. The van der Waals surface area contributed by atoms with E-state index in [1.165, 1.54) is 33.4 Å². The highest BCUT2D eigenvalue weighted by molar-refractivity contribution is 5.77. The highest BCUT2D eigenvalue weighted by Crippen LogP contribution is 2.37. The Bertz CT molecular complexity index is 694. The van der Waals surface area contributed by atoms with E-state index in [1.54, 1.807) is 0 Å². The minimum Gasteiger partial charge on any atom is -0.372 e. The third kappa shape index (κ3) is 2.16. The highest BCUT2D eigenvalue weighted by atomic mass is 16.5. The second kappa shape index (κ2) is 5.19. The van der Waals surface area contributed by atoms with Gasteiger partial charge in [-0.2, -0.15) is 0 Å². The Hall–Kier alpha value is -2.38. The zero-order valence-corrected chi connectivity index (χ0v) is 11.8. The van der Waals surface area contributed by atoms with E-state index in [9.17, 15) is 0 Å². The van der Waals surface area contributed by atoms with Gasteiger partial charge in [0, 0.05) is 0 Å². The first kappa shape index (κ1) is 12.4. The van der Waals surface area contributed by atoms with Gasteiger partial charge in [-0.15, -0.1) is 0 Å². The summed E-state index contributed by atoms with van der Waals surface area (Å²) in [6.45, 7) is 1.42. The van der Waals surface area contributed by atoms with Crippen molar-refractivity contribution < 1.29 is 4.74 Å². The minimum atomic E-state index is 0.709. The Morgan fingerprint density at radius 3 is 1.38 bits per heavy atom. The summed E-state index contributed by atoms with van der Waals surface area (Å²) in [4.78, 5) is 0. The molecule has 0 saturated heterocycles. The van der Waals surface area contributed by atoms with Gasteiger partial charge in [0.25, 0.3) is 0 Å². The molecule has 0 aromatic heterocycles. The van der Waals surface area contributed by atoms with Crippen molar-refractivity contribution in [2.24, 2.45) is 0 Å². The van der Waals surface area contributed by atoms with Crippen molar-refractivity contribution in [1.82, 2.24) is 0 Å². The monoisotopic (exact) mass is 272 g/mol. The van der Waals surface area contributed by atoms with Crippen LogP contribution in [-0.2, 0) is 18.0 Å². The van der Waals surface area contributed by atoms with Crippen LogP contribution in [0.2, 0.25) is 0 Å². The Kier molecular flexibility index (Phi) is 3.06. The first-order valence-electron chi connectivity index (χ1n) is 7.27. The number of benzene rings is 3. The van der Waals surface area contributed by atoms with E-state index in [1.807, 2.05) is 0 Å². The van der Waals surface area contributed by atoms with Crippen molar-refractivity contribution in [2.75, 3.05) is 0 Å². The zero-order valence-electron chi connectivity index (χ0n) is 11.8. The maximum atomic E-state index is 5.74. The van der Waals surface area contributed by atoms with Gasteiger partial charge in [-0.3, -0.25) is 0 Å². The molecule has 21 heavy (non-hydrogen) atoms. The summed E-state index contributed by atoms with van der Waals surface area (Å²) in [6.07, 6.45) is 0. The largest absolute Gasteiger partial charge is 0.372 e. The van der Waals surface area contributed by atoms with Crippen molar-refractivity contribution in [3.05, 3.63) is 83.9 Å². The van der Waals surface area contributed by atoms with Crippen molar-refractivity contribution >= 4 is 0 Å². The van der Waals surface area contributed by atoms with Crippen LogP contribution < -0.4 is 0 Å². The van der Waals surface area contributed by atoms with Crippen molar-refractivity contribution in [1.29, 1.82) is 0 Å². The number of ether oxygens (including phenoxy) is 1. The van der Waals surface area contributed by atoms with E-state index in [0.29, 0.717) is 13.2 Å². The lowest BCUT2D eigenvalue weighted by Crippen LogP contribution is -1.92. The predicted octanol–water partition coefficient (Wildman–Crippen LogP) is 5.05. The molecule has 1 aliphatic rings. The predicted molar refractivity (Wildman–Crippen MR) is 85.8 cm³/mol. The third-order valence-corrected chi connectivity index (χ3v) is 4.09. The normalized spacial score (nSPS) is 13.1. The molecule has 0 N–H and O–H groups in total. The molecule has 0 atom stereocenters. The minimum absolute atomic E-state index is 0.709. The number of hydrogen-bond acceptors (Lipinski definition) is 1. The van der Waals surface area contributed by atoms with E-state index in [2.05, 4.69) is 72.8 Å². The summed E-state index contributed by atoms with van der Waals surface area (Å²) >= 11 is 0. The molecular weight excluding hydrogens is 256 g/mol. The van der Waals surface area contributed by atoms with Crippen LogP contribution in [0.4, 0.5) is 0 Å². The SMILES string of the molecule is c1ccc(-c2ccc(-c3ccccc3)c3c2COC3)cc1. The lowest BCUT2D eigenvalue weighted by molar-refractivity contribution is 0.135. The Balaban J connectivity index is 1.90. The van der Waals surface area contributed by atoms with Crippen LogP contribution in [0.5, 0.6) is 0 Å². The van der Waals surface area contributed by atoms with E-state index in [0.717, 1.165) is 0 Å². The lowest BCUT2D eigenvalue weighted by Gasteiger charge is -2.12. The van der Waals surface area contributed by atoms with Crippen molar-refractivity contribution in [3.8, 4) is 22.3 Å². The van der Waals surface area contributed by atoms with Crippen LogP contribution in [-0.4, -0.2) is 0 Å². The van der Waals surface area contributed by atoms with Gasteiger partial charge in [-0.05, 0) is 33.4 Å². The van der Waals surface area contributed by atoms with Gasteiger partial charge in [0.05, 0.1) is 13.2 Å². The Labute approximate surface area is 124 Å². The molecule has 1 nitrogen and oxygen atoms in total. The molecule has 0 unspecified atom stereocenters. The number of hydrogen-bond donors (Lipinski definition) is 0. The lowest BCUT2D eigenvalue weighted by atomic mass is 9.91. The molecule has 0 bridgehead atoms. The topological polar surface area (TPSA) is 9.23 Å². The van der Waals surface area contributed by atoms with Crippen LogP contribution >= 0.6 is 0 Å². The molecule has 0 saturated carbocycles. The summed E-state index contributed by atoms with van der Waals surface area (Å²) in [5, 5.41) is 0. The quantitative estimate of drug-likeness (QED) is 0.634. The molecule has 0 fully saturated rings. The van der Waals surface area contributed by atoms with Gasteiger partial charge in [0.2, 0.25) is 0 Å². The summed E-state index contributed by atoms with van der Waals surface area (Å²) in [5.41, 5.74) is 7.79.